The number of carboxylic acids is 1. The Morgan fingerprint density at radius 3 is 2.74 bits per heavy atom. The minimum absolute atomic E-state index is 0.0439. The van der Waals surface area contributed by atoms with Crippen LogP contribution in [0.1, 0.15) is 36.7 Å². The third-order valence-corrected chi connectivity index (χ3v) is 2.36. The van der Waals surface area contributed by atoms with E-state index in [4.69, 9.17) is 9.84 Å². The average molecular weight is 270 g/mol. The highest BCUT2D eigenvalue weighted by molar-refractivity contribution is 5.90. The molecule has 1 rings (SSSR count). The first kappa shape index (κ1) is 15.1. The molecule has 8 heteroatoms. The van der Waals surface area contributed by atoms with Gasteiger partial charge in [-0.25, -0.2) is 4.98 Å². The number of aryl methyl sites for hydroxylation is 1. The van der Waals surface area contributed by atoms with Crippen molar-refractivity contribution in [3.63, 3.8) is 0 Å². The number of H-pyrrole nitrogens is 1. The molecule has 1 aromatic rings. The van der Waals surface area contributed by atoms with Crippen molar-refractivity contribution in [2.75, 3.05) is 13.2 Å². The number of hydrogen-bond acceptors (Lipinski definition) is 5. The number of nitrogens with one attached hydrogen (secondary N) is 2. The monoisotopic (exact) mass is 270 g/mol. The molecular weight excluding hydrogens is 252 g/mol. The number of carboxylic acid groups (broad SMARTS) is 1. The van der Waals surface area contributed by atoms with Gasteiger partial charge < -0.3 is 15.2 Å². The number of carbonyl (C=O) groups is 2. The normalized spacial score (nSPS) is 12.1. The van der Waals surface area contributed by atoms with E-state index < -0.39 is 18.0 Å². The lowest BCUT2D eigenvalue weighted by molar-refractivity contribution is -0.140. The predicted molar refractivity (Wildman–Crippen MR) is 65.8 cm³/mol. The molecule has 0 aromatic carbocycles. The van der Waals surface area contributed by atoms with E-state index in [1.807, 2.05) is 6.92 Å². The second kappa shape index (κ2) is 7.47. The summed E-state index contributed by atoms with van der Waals surface area (Å²) < 4.78 is 5.22. The van der Waals surface area contributed by atoms with Gasteiger partial charge in [-0.2, -0.15) is 0 Å². The van der Waals surface area contributed by atoms with Crippen LogP contribution in [-0.2, 0) is 16.0 Å². The maximum absolute atomic E-state index is 11.7. The van der Waals surface area contributed by atoms with E-state index in [2.05, 4.69) is 20.5 Å². The highest BCUT2D eigenvalue weighted by Crippen LogP contribution is 1.99. The molecule has 0 bridgehead atoms. The van der Waals surface area contributed by atoms with Crippen molar-refractivity contribution in [3.8, 4) is 0 Å². The Morgan fingerprint density at radius 1 is 1.47 bits per heavy atom. The zero-order valence-corrected chi connectivity index (χ0v) is 11.0. The summed E-state index contributed by atoms with van der Waals surface area (Å²) in [7, 11) is 0. The van der Waals surface area contributed by atoms with Crippen LogP contribution in [0.3, 0.4) is 0 Å². The van der Waals surface area contributed by atoms with Gasteiger partial charge in [0.05, 0.1) is 12.5 Å². The first-order valence-electron chi connectivity index (χ1n) is 6.09. The van der Waals surface area contributed by atoms with E-state index in [1.165, 1.54) is 0 Å². The first-order valence-corrected chi connectivity index (χ1v) is 6.09. The topological polar surface area (TPSA) is 117 Å². The number of hydrogen-bond donors (Lipinski definition) is 3. The zero-order chi connectivity index (χ0) is 14.3. The van der Waals surface area contributed by atoms with Crippen molar-refractivity contribution < 1.29 is 19.4 Å². The van der Waals surface area contributed by atoms with E-state index in [0.29, 0.717) is 18.9 Å². The van der Waals surface area contributed by atoms with Crippen LogP contribution in [0.25, 0.3) is 0 Å². The molecule has 0 saturated carbocycles. The van der Waals surface area contributed by atoms with Crippen LogP contribution in [0.4, 0.5) is 0 Å². The molecule has 0 radical (unpaired) electrons. The van der Waals surface area contributed by atoms with Gasteiger partial charge in [-0.05, 0) is 6.92 Å². The third-order valence-electron chi connectivity index (χ3n) is 2.36. The van der Waals surface area contributed by atoms with Crippen LogP contribution in [0.5, 0.6) is 0 Å². The van der Waals surface area contributed by atoms with Crippen LogP contribution < -0.4 is 5.32 Å². The summed E-state index contributed by atoms with van der Waals surface area (Å²) >= 11 is 0. The molecule has 0 aliphatic carbocycles. The van der Waals surface area contributed by atoms with Crippen molar-refractivity contribution in [3.05, 3.63) is 11.6 Å². The van der Waals surface area contributed by atoms with Crippen LogP contribution >= 0.6 is 0 Å². The van der Waals surface area contributed by atoms with Gasteiger partial charge in [0.1, 0.15) is 5.82 Å². The molecule has 8 nitrogen and oxygen atoms in total. The molecule has 1 atom stereocenters. The molecule has 0 aliphatic rings. The van der Waals surface area contributed by atoms with Crippen LogP contribution in [-0.4, -0.2) is 51.4 Å². The molecule has 0 saturated heterocycles. The number of amides is 1. The summed E-state index contributed by atoms with van der Waals surface area (Å²) in [5.41, 5.74) is 0. The molecule has 0 spiro atoms. The number of rotatable bonds is 8. The van der Waals surface area contributed by atoms with Crippen molar-refractivity contribution in [2.24, 2.45) is 0 Å². The SMILES string of the molecule is CCOC(CNC(=O)c1n[nH]c(CC)n1)CC(=O)O. The Bertz CT molecular complexity index is 432. The number of nitrogens with zero attached hydrogens (tertiary/aromatic N) is 2. The number of carbonyl (C=O) groups excluding carboxylic acids is 1. The summed E-state index contributed by atoms with van der Waals surface area (Å²) in [6.45, 7) is 4.14. The molecule has 106 valence electrons. The van der Waals surface area contributed by atoms with Gasteiger partial charge in [-0.15, -0.1) is 5.10 Å². The lowest BCUT2D eigenvalue weighted by atomic mass is 10.2. The lowest BCUT2D eigenvalue weighted by Crippen LogP contribution is -2.35. The van der Waals surface area contributed by atoms with Crippen LogP contribution in [0, 0.1) is 0 Å². The van der Waals surface area contributed by atoms with Crippen molar-refractivity contribution >= 4 is 11.9 Å². The second-order valence-corrected chi connectivity index (χ2v) is 3.84. The Morgan fingerprint density at radius 2 is 2.21 bits per heavy atom. The largest absolute Gasteiger partial charge is 0.481 e. The standard InChI is InChI=1S/C11H18N4O4/c1-3-8-13-10(15-14-8)11(18)12-6-7(19-4-2)5-9(16)17/h7H,3-6H2,1-2H3,(H,12,18)(H,16,17)(H,13,14,15). The molecule has 0 aliphatic heterocycles. The Balaban J connectivity index is 2.48. The van der Waals surface area contributed by atoms with E-state index >= 15 is 0 Å². The Labute approximate surface area is 110 Å². The molecule has 1 unspecified atom stereocenters. The number of aromatic amines is 1. The second-order valence-electron chi connectivity index (χ2n) is 3.84. The molecule has 1 amide bonds. The number of aliphatic carboxylic acids is 1. The molecule has 0 fully saturated rings. The van der Waals surface area contributed by atoms with Gasteiger partial charge >= 0.3 is 5.97 Å². The maximum atomic E-state index is 11.7. The Kier molecular flexibility index (Phi) is 5.94. The fourth-order valence-electron chi connectivity index (χ4n) is 1.46. The smallest absolute Gasteiger partial charge is 0.306 e. The van der Waals surface area contributed by atoms with Crippen molar-refractivity contribution in [2.45, 2.75) is 32.8 Å². The Hall–Kier alpha value is -1.96. The fraction of sp³-hybridized carbons (Fsp3) is 0.636. The molecule has 3 N–H and O–H groups in total. The summed E-state index contributed by atoms with van der Waals surface area (Å²) in [5.74, 6) is -0.760. The van der Waals surface area contributed by atoms with Gasteiger partial charge in [-0.3, -0.25) is 14.7 Å². The van der Waals surface area contributed by atoms with Gasteiger partial charge in [0, 0.05) is 19.6 Å². The highest BCUT2D eigenvalue weighted by Gasteiger charge is 2.17. The van der Waals surface area contributed by atoms with E-state index in [-0.39, 0.29) is 18.8 Å². The number of aromatic nitrogens is 3. The van der Waals surface area contributed by atoms with Crippen molar-refractivity contribution in [1.29, 1.82) is 0 Å². The molecule has 1 aromatic heterocycles. The maximum Gasteiger partial charge on any atom is 0.306 e. The fourth-order valence-corrected chi connectivity index (χ4v) is 1.46. The lowest BCUT2D eigenvalue weighted by Gasteiger charge is -2.14. The van der Waals surface area contributed by atoms with E-state index in [9.17, 15) is 9.59 Å². The molecular formula is C11H18N4O4. The van der Waals surface area contributed by atoms with Gasteiger partial charge in [-0.1, -0.05) is 6.92 Å². The quantitative estimate of drug-likeness (QED) is 0.611. The summed E-state index contributed by atoms with van der Waals surface area (Å²) in [4.78, 5) is 26.3. The first-order chi connectivity index (χ1) is 9.06. The highest BCUT2D eigenvalue weighted by atomic mass is 16.5. The number of ether oxygens (including phenoxy) is 1. The van der Waals surface area contributed by atoms with Gasteiger partial charge in [0.2, 0.25) is 5.82 Å². The van der Waals surface area contributed by atoms with Crippen molar-refractivity contribution in [1.82, 2.24) is 20.5 Å². The summed E-state index contributed by atoms with van der Waals surface area (Å²) in [5, 5.41) is 17.7. The molecule has 1 heterocycles. The zero-order valence-electron chi connectivity index (χ0n) is 11.0. The van der Waals surface area contributed by atoms with Gasteiger partial charge in [0.25, 0.3) is 5.91 Å². The minimum Gasteiger partial charge on any atom is -0.481 e. The molecule has 19 heavy (non-hydrogen) atoms. The third kappa shape index (κ3) is 5.04. The van der Waals surface area contributed by atoms with Crippen LogP contribution in [0.2, 0.25) is 0 Å². The van der Waals surface area contributed by atoms with Crippen LogP contribution in [0.15, 0.2) is 0 Å². The van der Waals surface area contributed by atoms with E-state index in [1.54, 1.807) is 6.92 Å². The predicted octanol–water partition coefficient (Wildman–Crippen LogP) is -0.0233. The minimum atomic E-state index is -0.973. The van der Waals surface area contributed by atoms with E-state index in [0.717, 1.165) is 0 Å². The van der Waals surface area contributed by atoms with Gasteiger partial charge in [0.15, 0.2) is 0 Å². The average Bonchev–Trinajstić information content (AvgIpc) is 2.84. The summed E-state index contributed by atoms with van der Waals surface area (Å²) in [6, 6.07) is 0. The summed E-state index contributed by atoms with van der Waals surface area (Å²) in [6.07, 6.45) is -0.0699.